The van der Waals surface area contributed by atoms with Crippen molar-refractivity contribution in [2.24, 2.45) is 0 Å². The molecule has 1 aromatic carbocycles. The van der Waals surface area contributed by atoms with Crippen molar-refractivity contribution in [3.63, 3.8) is 0 Å². The van der Waals surface area contributed by atoms with Crippen LogP contribution in [0, 0.1) is 0 Å². The number of fused-ring (bicyclic) bond motifs is 1. The Morgan fingerprint density at radius 2 is 2.23 bits per heavy atom. The first kappa shape index (κ1) is 14.3. The molecule has 2 aromatic rings. The number of benzene rings is 1. The zero-order valence-electron chi connectivity index (χ0n) is 12.2. The molecule has 2 heterocycles. The van der Waals surface area contributed by atoms with Crippen LogP contribution in [0.15, 0.2) is 30.3 Å². The molecule has 6 nitrogen and oxygen atoms in total. The van der Waals surface area contributed by atoms with E-state index < -0.39 is 5.97 Å². The second-order valence-corrected chi connectivity index (χ2v) is 5.13. The quantitative estimate of drug-likeness (QED) is 0.639. The van der Waals surface area contributed by atoms with Crippen LogP contribution in [0.5, 0.6) is 5.88 Å². The van der Waals surface area contributed by atoms with Gasteiger partial charge in [-0.25, -0.2) is 9.48 Å². The maximum absolute atomic E-state index is 12.0. The number of hydrogen-bond acceptors (Lipinski definition) is 5. The Morgan fingerprint density at radius 3 is 3.00 bits per heavy atom. The lowest BCUT2D eigenvalue weighted by atomic mass is 10.1. The third-order valence-electron chi connectivity index (χ3n) is 3.42. The standard InChI is InChI=1S/C16H16N2O4/c1-11(19)13-5-2-4-12(8-13)10-22-16(20)14-9-15-18(17-14)6-3-7-21-15/h2,4-5,8-9H,3,6-7,10H2,1H3. The highest BCUT2D eigenvalue weighted by atomic mass is 16.5. The maximum atomic E-state index is 12.0. The van der Waals surface area contributed by atoms with Crippen LogP contribution in [-0.4, -0.2) is 28.1 Å². The van der Waals surface area contributed by atoms with Gasteiger partial charge in [-0.15, -0.1) is 0 Å². The number of ether oxygens (including phenoxy) is 2. The highest BCUT2D eigenvalue weighted by Crippen LogP contribution is 2.19. The summed E-state index contributed by atoms with van der Waals surface area (Å²) in [4.78, 5) is 23.4. The highest BCUT2D eigenvalue weighted by molar-refractivity contribution is 5.94. The lowest BCUT2D eigenvalue weighted by Crippen LogP contribution is -2.15. The average Bonchev–Trinajstić information content (AvgIpc) is 2.97. The first-order valence-electron chi connectivity index (χ1n) is 7.11. The molecule has 0 N–H and O–H groups in total. The molecule has 0 amide bonds. The molecule has 3 rings (SSSR count). The number of nitrogens with zero attached hydrogens (tertiary/aromatic N) is 2. The van der Waals surface area contributed by atoms with Crippen LogP contribution < -0.4 is 4.74 Å². The fourth-order valence-electron chi connectivity index (χ4n) is 2.27. The van der Waals surface area contributed by atoms with E-state index in [1.54, 1.807) is 35.0 Å². The molecule has 0 fully saturated rings. The Bertz CT molecular complexity index is 697. The van der Waals surface area contributed by atoms with E-state index >= 15 is 0 Å². The van der Waals surface area contributed by atoms with Crippen LogP contribution in [0.25, 0.3) is 0 Å². The van der Waals surface area contributed by atoms with E-state index in [0.29, 0.717) is 18.1 Å². The van der Waals surface area contributed by atoms with E-state index in [9.17, 15) is 9.59 Å². The molecule has 0 saturated carbocycles. The minimum atomic E-state index is -0.501. The zero-order chi connectivity index (χ0) is 15.5. The third kappa shape index (κ3) is 3.00. The van der Waals surface area contributed by atoms with E-state index in [0.717, 1.165) is 18.5 Å². The fraction of sp³-hybridized carbons (Fsp3) is 0.312. The van der Waals surface area contributed by atoms with Crippen LogP contribution in [0.2, 0.25) is 0 Å². The normalized spacial score (nSPS) is 13.1. The van der Waals surface area contributed by atoms with Crippen molar-refractivity contribution in [1.29, 1.82) is 0 Å². The molecule has 0 bridgehead atoms. The predicted molar refractivity (Wildman–Crippen MR) is 77.9 cm³/mol. The van der Waals surface area contributed by atoms with Gasteiger partial charge in [0, 0.05) is 24.6 Å². The predicted octanol–water partition coefficient (Wildman–Crippen LogP) is 2.23. The van der Waals surface area contributed by atoms with Crippen molar-refractivity contribution in [3.8, 4) is 5.88 Å². The van der Waals surface area contributed by atoms with Gasteiger partial charge in [0.25, 0.3) is 0 Å². The Morgan fingerprint density at radius 1 is 1.36 bits per heavy atom. The second-order valence-electron chi connectivity index (χ2n) is 5.13. The topological polar surface area (TPSA) is 70.4 Å². The molecule has 22 heavy (non-hydrogen) atoms. The second kappa shape index (κ2) is 6.01. The van der Waals surface area contributed by atoms with Gasteiger partial charge in [-0.3, -0.25) is 4.79 Å². The fourth-order valence-corrected chi connectivity index (χ4v) is 2.27. The summed E-state index contributed by atoms with van der Waals surface area (Å²) >= 11 is 0. The molecule has 114 valence electrons. The number of esters is 1. The molecule has 0 aliphatic carbocycles. The SMILES string of the molecule is CC(=O)c1cccc(COC(=O)c2cc3n(n2)CCCO3)c1. The van der Waals surface area contributed by atoms with Crippen molar-refractivity contribution in [1.82, 2.24) is 9.78 Å². The van der Waals surface area contributed by atoms with Gasteiger partial charge in [0.1, 0.15) is 6.61 Å². The van der Waals surface area contributed by atoms with E-state index in [1.165, 1.54) is 6.92 Å². The van der Waals surface area contributed by atoms with Gasteiger partial charge in [-0.2, -0.15) is 5.10 Å². The molecular weight excluding hydrogens is 284 g/mol. The summed E-state index contributed by atoms with van der Waals surface area (Å²) in [7, 11) is 0. The number of aromatic nitrogens is 2. The number of ketones is 1. The minimum Gasteiger partial charge on any atom is -0.478 e. The van der Waals surface area contributed by atoms with Gasteiger partial charge in [0.15, 0.2) is 11.5 Å². The van der Waals surface area contributed by atoms with Gasteiger partial charge in [-0.05, 0) is 18.6 Å². The lowest BCUT2D eigenvalue weighted by molar-refractivity contribution is 0.0464. The van der Waals surface area contributed by atoms with E-state index in [-0.39, 0.29) is 18.1 Å². The molecule has 0 spiro atoms. The van der Waals surface area contributed by atoms with Gasteiger partial charge < -0.3 is 9.47 Å². The first-order chi connectivity index (χ1) is 10.6. The van der Waals surface area contributed by atoms with Crippen molar-refractivity contribution >= 4 is 11.8 Å². The van der Waals surface area contributed by atoms with Crippen molar-refractivity contribution in [3.05, 3.63) is 47.2 Å². The van der Waals surface area contributed by atoms with Crippen LogP contribution in [0.4, 0.5) is 0 Å². The Hall–Kier alpha value is -2.63. The molecular formula is C16H16N2O4. The van der Waals surface area contributed by atoms with Crippen molar-refractivity contribution in [2.45, 2.75) is 26.5 Å². The monoisotopic (exact) mass is 300 g/mol. The molecule has 0 radical (unpaired) electrons. The number of carbonyl (C=O) groups excluding carboxylic acids is 2. The first-order valence-corrected chi connectivity index (χ1v) is 7.11. The summed E-state index contributed by atoms with van der Waals surface area (Å²) in [6.45, 7) is 2.98. The molecule has 0 atom stereocenters. The highest BCUT2D eigenvalue weighted by Gasteiger charge is 2.19. The lowest BCUT2D eigenvalue weighted by Gasteiger charge is -2.13. The molecule has 6 heteroatoms. The number of rotatable bonds is 4. The van der Waals surface area contributed by atoms with E-state index in [1.807, 2.05) is 0 Å². The van der Waals surface area contributed by atoms with Crippen LogP contribution >= 0.6 is 0 Å². The smallest absolute Gasteiger partial charge is 0.359 e. The zero-order valence-corrected chi connectivity index (χ0v) is 12.2. The van der Waals surface area contributed by atoms with Crippen LogP contribution in [0.1, 0.15) is 39.8 Å². The van der Waals surface area contributed by atoms with E-state index in [4.69, 9.17) is 9.47 Å². The third-order valence-corrected chi connectivity index (χ3v) is 3.42. The summed E-state index contributed by atoms with van der Waals surface area (Å²) < 4.78 is 12.3. The number of carbonyl (C=O) groups is 2. The maximum Gasteiger partial charge on any atom is 0.359 e. The van der Waals surface area contributed by atoms with Crippen LogP contribution in [0.3, 0.4) is 0 Å². The summed E-state index contributed by atoms with van der Waals surface area (Å²) in [5.74, 6) is 0.0719. The summed E-state index contributed by atoms with van der Waals surface area (Å²) in [6.07, 6.45) is 0.876. The van der Waals surface area contributed by atoms with Crippen molar-refractivity contribution < 1.29 is 19.1 Å². The van der Waals surface area contributed by atoms with Gasteiger partial charge in [0.05, 0.1) is 6.61 Å². The minimum absolute atomic E-state index is 0.0212. The number of aryl methyl sites for hydroxylation is 1. The summed E-state index contributed by atoms with van der Waals surface area (Å²) in [5.41, 5.74) is 1.60. The van der Waals surface area contributed by atoms with E-state index in [2.05, 4.69) is 5.10 Å². The van der Waals surface area contributed by atoms with Crippen LogP contribution in [-0.2, 0) is 17.9 Å². The Kier molecular flexibility index (Phi) is 3.91. The van der Waals surface area contributed by atoms with Gasteiger partial charge in [-0.1, -0.05) is 18.2 Å². The molecule has 1 aliphatic rings. The Balaban J connectivity index is 1.66. The largest absolute Gasteiger partial charge is 0.478 e. The molecule has 1 aliphatic heterocycles. The summed E-state index contributed by atoms with van der Waals surface area (Å²) in [6, 6.07) is 8.61. The summed E-state index contributed by atoms with van der Waals surface area (Å²) in [5, 5.41) is 4.17. The van der Waals surface area contributed by atoms with Gasteiger partial charge >= 0.3 is 5.97 Å². The number of Topliss-reactive ketones (excluding diaryl/α,β-unsaturated/α-hetero) is 1. The number of hydrogen-bond donors (Lipinski definition) is 0. The average molecular weight is 300 g/mol. The molecule has 0 saturated heterocycles. The molecule has 0 unspecified atom stereocenters. The molecule has 1 aromatic heterocycles. The Labute approximate surface area is 127 Å². The van der Waals surface area contributed by atoms with Gasteiger partial charge in [0.2, 0.25) is 5.88 Å². The van der Waals surface area contributed by atoms with Crippen molar-refractivity contribution in [2.75, 3.05) is 6.61 Å².